The van der Waals surface area contributed by atoms with E-state index in [-0.39, 0.29) is 13.5 Å². The molecule has 4 aromatic rings. The van der Waals surface area contributed by atoms with Gasteiger partial charge in [0.25, 0.3) is 0 Å². The van der Waals surface area contributed by atoms with E-state index in [0.29, 0.717) is 0 Å². The van der Waals surface area contributed by atoms with E-state index in [0.717, 1.165) is 11.0 Å². The fourth-order valence-electron chi connectivity index (χ4n) is 2.03. The molecular formula is C18H16N2S. The van der Waals surface area contributed by atoms with Gasteiger partial charge in [-0.15, -0.1) is 0 Å². The van der Waals surface area contributed by atoms with Gasteiger partial charge in [-0.25, -0.2) is 0 Å². The standard InChI is InChI=1S/2C9H7N.H2S/c2*1-2-6-9-8(4-1)5-3-7-10-9;/h2*1-7H;1H2. The smallest absolute Gasteiger partial charge is 0.0701 e. The SMILES string of the molecule is S.c1ccc2ncccc2c1.c1ccc2ncccc2c1. The molecule has 0 aliphatic rings. The highest BCUT2D eigenvalue weighted by atomic mass is 32.1. The summed E-state index contributed by atoms with van der Waals surface area (Å²) in [5.41, 5.74) is 2.12. The molecule has 0 atom stereocenters. The van der Waals surface area contributed by atoms with Crippen molar-refractivity contribution in [1.82, 2.24) is 9.97 Å². The van der Waals surface area contributed by atoms with E-state index in [1.54, 1.807) is 0 Å². The Hall–Kier alpha value is -2.39. The lowest BCUT2D eigenvalue weighted by molar-refractivity contribution is 1.41. The van der Waals surface area contributed by atoms with Crippen LogP contribution in [-0.2, 0) is 0 Å². The molecule has 0 aliphatic carbocycles. The third-order valence-corrected chi connectivity index (χ3v) is 3.02. The first kappa shape index (κ1) is 15.0. The number of aromatic nitrogens is 2. The van der Waals surface area contributed by atoms with E-state index >= 15 is 0 Å². The monoisotopic (exact) mass is 292 g/mol. The van der Waals surface area contributed by atoms with Gasteiger partial charge >= 0.3 is 0 Å². The topological polar surface area (TPSA) is 25.8 Å². The van der Waals surface area contributed by atoms with E-state index in [9.17, 15) is 0 Å². The van der Waals surface area contributed by atoms with Crippen LogP contribution >= 0.6 is 13.5 Å². The van der Waals surface area contributed by atoms with Gasteiger partial charge in [-0.05, 0) is 24.3 Å². The fraction of sp³-hybridized carbons (Fsp3) is 0. The van der Waals surface area contributed by atoms with Crippen LogP contribution in [0.25, 0.3) is 21.8 Å². The van der Waals surface area contributed by atoms with Crippen molar-refractivity contribution in [3.63, 3.8) is 0 Å². The highest BCUT2D eigenvalue weighted by molar-refractivity contribution is 7.59. The minimum absolute atomic E-state index is 0. The fourth-order valence-corrected chi connectivity index (χ4v) is 2.03. The van der Waals surface area contributed by atoms with Crippen LogP contribution in [0.15, 0.2) is 85.2 Å². The molecule has 0 unspecified atom stereocenters. The van der Waals surface area contributed by atoms with Gasteiger partial charge < -0.3 is 0 Å². The third kappa shape index (κ3) is 3.80. The van der Waals surface area contributed by atoms with Crippen molar-refractivity contribution < 1.29 is 0 Å². The summed E-state index contributed by atoms with van der Waals surface area (Å²) in [5.74, 6) is 0. The Morgan fingerprint density at radius 3 is 1.29 bits per heavy atom. The Morgan fingerprint density at radius 1 is 0.476 bits per heavy atom. The van der Waals surface area contributed by atoms with Crippen LogP contribution in [0.3, 0.4) is 0 Å². The van der Waals surface area contributed by atoms with Crippen molar-refractivity contribution in [2.24, 2.45) is 0 Å². The number of fused-ring (bicyclic) bond motifs is 2. The molecular weight excluding hydrogens is 276 g/mol. The van der Waals surface area contributed by atoms with Crippen LogP contribution in [0.5, 0.6) is 0 Å². The second kappa shape index (κ2) is 7.41. The van der Waals surface area contributed by atoms with Crippen molar-refractivity contribution >= 4 is 35.3 Å². The van der Waals surface area contributed by atoms with E-state index < -0.39 is 0 Å². The van der Waals surface area contributed by atoms with E-state index in [1.165, 1.54) is 10.8 Å². The average Bonchev–Trinajstić information content (AvgIpc) is 2.56. The maximum absolute atomic E-state index is 4.18. The number of benzene rings is 2. The van der Waals surface area contributed by atoms with Crippen molar-refractivity contribution in [3.8, 4) is 0 Å². The summed E-state index contributed by atoms with van der Waals surface area (Å²) in [6.45, 7) is 0. The summed E-state index contributed by atoms with van der Waals surface area (Å²) in [6.07, 6.45) is 3.62. The molecule has 0 radical (unpaired) electrons. The molecule has 2 nitrogen and oxygen atoms in total. The molecule has 0 aliphatic heterocycles. The van der Waals surface area contributed by atoms with Crippen molar-refractivity contribution in [2.75, 3.05) is 0 Å². The molecule has 0 N–H and O–H groups in total. The van der Waals surface area contributed by atoms with Gasteiger partial charge in [0.05, 0.1) is 11.0 Å². The molecule has 104 valence electrons. The lowest BCUT2D eigenvalue weighted by Gasteiger charge is -1.91. The lowest BCUT2D eigenvalue weighted by atomic mass is 10.2. The molecule has 0 fully saturated rings. The number of pyridine rings is 2. The van der Waals surface area contributed by atoms with E-state index in [4.69, 9.17) is 0 Å². The van der Waals surface area contributed by atoms with Gasteiger partial charge in [0.15, 0.2) is 0 Å². The summed E-state index contributed by atoms with van der Waals surface area (Å²) in [5, 5.41) is 2.40. The van der Waals surface area contributed by atoms with Crippen LogP contribution in [0.2, 0.25) is 0 Å². The van der Waals surface area contributed by atoms with E-state index in [2.05, 4.69) is 34.2 Å². The minimum Gasteiger partial charge on any atom is -0.256 e. The van der Waals surface area contributed by atoms with Gasteiger partial charge in [-0.3, -0.25) is 9.97 Å². The normalized spacial score (nSPS) is 9.52. The quantitative estimate of drug-likeness (QED) is 0.474. The first-order valence-corrected chi connectivity index (χ1v) is 6.53. The zero-order valence-corrected chi connectivity index (χ0v) is 12.5. The van der Waals surface area contributed by atoms with Crippen LogP contribution in [-0.4, -0.2) is 9.97 Å². The molecule has 0 spiro atoms. The minimum atomic E-state index is 0. The Labute approximate surface area is 130 Å². The van der Waals surface area contributed by atoms with Gasteiger partial charge in [0.1, 0.15) is 0 Å². The van der Waals surface area contributed by atoms with Gasteiger partial charge in [0.2, 0.25) is 0 Å². The van der Waals surface area contributed by atoms with Crippen molar-refractivity contribution in [2.45, 2.75) is 0 Å². The number of hydrogen-bond donors (Lipinski definition) is 0. The number of para-hydroxylation sites is 2. The van der Waals surface area contributed by atoms with Crippen molar-refractivity contribution in [1.29, 1.82) is 0 Å². The van der Waals surface area contributed by atoms with Crippen LogP contribution in [0, 0.1) is 0 Å². The first-order valence-electron chi connectivity index (χ1n) is 6.53. The van der Waals surface area contributed by atoms with Crippen LogP contribution < -0.4 is 0 Å². The van der Waals surface area contributed by atoms with Gasteiger partial charge in [0, 0.05) is 23.2 Å². The molecule has 0 saturated heterocycles. The predicted molar refractivity (Wildman–Crippen MR) is 93.9 cm³/mol. The Bertz CT molecular complexity index is 628. The molecule has 0 saturated carbocycles. The van der Waals surface area contributed by atoms with Crippen LogP contribution in [0.4, 0.5) is 0 Å². The second-order valence-electron chi connectivity index (χ2n) is 4.39. The molecule has 0 amide bonds. The zero-order chi connectivity index (χ0) is 13.6. The lowest BCUT2D eigenvalue weighted by Crippen LogP contribution is -1.73. The highest BCUT2D eigenvalue weighted by Gasteiger charge is 1.87. The maximum Gasteiger partial charge on any atom is 0.0701 e. The van der Waals surface area contributed by atoms with Gasteiger partial charge in [-0.2, -0.15) is 13.5 Å². The number of rotatable bonds is 0. The summed E-state index contributed by atoms with van der Waals surface area (Å²) in [6, 6.07) is 24.2. The summed E-state index contributed by atoms with van der Waals surface area (Å²) >= 11 is 0. The highest BCUT2D eigenvalue weighted by Crippen LogP contribution is 2.08. The largest absolute Gasteiger partial charge is 0.256 e. The number of hydrogen-bond acceptors (Lipinski definition) is 2. The molecule has 4 rings (SSSR count). The zero-order valence-electron chi connectivity index (χ0n) is 11.5. The molecule has 3 heteroatoms. The van der Waals surface area contributed by atoms with Crippen LogP contribution in [0.1, 0.15) is 0 Å². The third-order valence-electron chi connectivity index (χ3n) is 3.02. The van der Waals surface area contributed by atoms with Gasteiger partial charge in [-0.1, -0.05) is 48.5 Å². The maximum atomic E-state index is 4.18. The Kier molecular flexibility index (Phi) is 5.29. The second-order valence-corrected chi connectivity index (χ2v) is 4.39. The molecule has 2 heterocycles. The average molecular weight is 292 g/mol. The first-order chi connectivity index (χ1) is 9.93. The molecule has 2 aromatic carbocycles. The van der Waals surface area contributed by atoms with Crippen molar-refractivity contribution in [3.05, 3.63) is 85.2 Å². The predicted octanol–water partition coefficient (Wildman–Crippen LogP) is 4.58. The summed E-state index contributed by atoms with van der Waals surface area (Å²) in [7, 11) is 0. The molecule has 2 aromatic heterocycles. The number of nitrogens with zero attached hydrogens (tertiary/aromatic N) is 2. The Morgan fingerprint density at radius 2 is 0.857 bits per heavy atom. The van der Waals surface area contributed by atoms with E-state index in [1.807, 2.05) is 60.9 Å². The summed E-state index contributed by atoms with van der Waals surface area (Å²) in [4.78, 5) is 8.36. The molecule has 21 heavy (non-hydrogen) atoms. The summed E-state index contributed by atoms with van der Waals surface area (Å²) < 4.78 is 0. The molecule has 0 bridgehead atoms. The Balaban J connectivity index is 0.000000147.